The first-order chi connectivity index (χ1) is 15.3. The zero-order valence-electron chi connectivity index (χ0n) is 18.0. The fourth-order valence-electron chi connectivity index (χ4n) is 3.41. The summed E-state index contributed by atoms with van der Waals surface area (Å²) >= 11 is 0. The summed E-state index contributed by atoms with van der Waals surface area (Å²) in [4.78, 5) is 0. The lowest BCUT2D eigenvalue weighted by Crippen LogP contribution is -2.13. The topological polar surface area (TPSA) is 47.9 Å². The van der Waals surface area contributed by atoms with E-state index in [2.05, 4.69) is 24.3 Å². The van der Waals surface area contributed by atoms with Crippen LogP contribution in [0.15, 0.2) is 84.9 Å². The summed E-state index contributed by atoms with van der Waals surface area (Å²) in [7, 11) is 0. The number of benzene rings is 3. The van der Waals surface area contributed by atoms with Gasteiger partial charge in [0, 0.05) is 0 Å². The maximum absolute atomic E-state index is 9.09. The predicted molar refractivity (Wildman–Crippen MR) is 123 cm³/mol. The zero-order chi connectivity index (χ0) is 21.6. The van der Waals surface area contributed by atoms with Gasteiger partial charge in [-0.1, -0.05) is 73.5 Å². The monoisotopic (exact) mass is 420 g/mol. The lowest BCUT2D eigenvalue weighted by atomic mass is 10.2. The second-order valence-electron chi connectivity index (χ2n) is 7.58. The predicted octanol–water partition coefficient (Wildman–Crippen LogP) is 6.13. The molecule has 0 bridgehead atoms. The first kappa shape index (κ1) is 22.9. The summed E-state index contributed by atoms with van der Waals surface area (Å²) in [6.07, 6.45) is 5.43. The van der Waals surface area contributed by atoms with E-state index in [0.29, 0.717) is 32.5 Å². The summed E-state index contributed by atoms with van der Waals surface area (Å²) in [6.45, 7) is 2.57. The van der Waals surface area contributed by atoms with E-state index in [0.717, 1.165) is 5.75 Å². The molecule has 4 nitrogen and oxygen atoms in total. The van der Waals surface area contributed by atoms with E-state index in [1.54, 1.807) is 24.3 Å². The lowest BCUT2D eigenvalue weighted by molar-refractivity contribution is 0.0382. The molecule has 3 aromatic carbocycles. The van der Waals surface area contributed by atoms with E-state index >= 15 is 0 Å². The third kappa shape index (κ3) is 9.24. The van der Waals surface area contributed by atoms with Crippen molar-refractivity contribution in [2.24, 2.45) is 0 Å². The van der Waals surface area contributed by atoms with Gasteiger partial charge in [0.05, 0.1) is 25.9 Å². The van der Waals surface area contributed by atoms with Gasteiger partial charge in [0.2, 0.25) is 0 Å². The second kappa shape index (κ2) is 13.5. The van der Waals surface area contributed by atoms with Crippen LogP contribution in [-0.2, 0) is 22.7 Å². The highest BCUT2D eigenvalue weighted by Crippen LogP contribution is 2.21. The summed E-state index contributed by atoms with van der Waals surface area (Å²) in [6, 6.07) is 27.2. The first-order valence-corrected chi connectivity index (χ1v) is 11.0. The minimum Gasteiger partial charge on any atom is -0.508 e. The molecule has 1 aliphatic carbocycles. The average Bonchev–Trinajstić information content (AvgIpc) is 3.34. The fraction of sp³-hybridized carbons (Fsp3) is 0.333. The van der Waals surface area contributed by atoms with Crippen molar-refractivity contribution in [3.05, 3.63) is 96.1 Å². The Morgan fingerprint density at radius 1 is 0.677 bits per heavy atom. The molecule has 0 heterocycles. The Morgan fingerprint density at radius 2 is 1.23 bits per heavy atom. The van der Waals surface area contributed by atoms with Crippen LogP contribution in [0.3, 0.4) is 0 Å². The van der Waals surface area contributed by atoms with Gasteiger partial charge in [-0.2, -0.15) is 0 Å². The molecular formula is C27H32O4. The van der Waals surface area contributed by atoms with Crippen molar-refractivity contribution < 1.29 is 19.3 Å². The van der Waals surface area contributed by atoms with Crippen LogP contribution in [0.4, 0.5) is 0 Å². The van der Waals surface area contributed by atoms with E-state index in [1.807, 2.05) is 36.4 Å². The van der Waals surface area contributed by atoms with Crippen molar-refractivity contribution in [2.45, 2.75) is 45.0 Å². The highest BCUT2D eigenvalue weighted by Gasteiger charge is 2.14. The second-order valence-corrected chi connectivity index (χ2v) is 7.58. The van der Waals surface area contributed by atoms with Crippen molar-refractivity contribution in [3.8, 4) is 11.5 Å². The Labute approximate surface area is 185 Å². The van der Waals surface area contributed by atoms with Crippen LogP contribution in [-0.4, -0.2) is 24.4 Å². The van der Waals surface area contributed by atoms with Crippen molar-refractivity contribution in [1.29, 1.82) is 0 Å². The molecule has 0 saturated heterocycles. The molecule has 1 fully saturated rings. The van der Waals surface area contributed by atoms with Crippen LogP contribution < -0.4 is 4.74 Å². The maximum atomic E-state index is 9.09. The highest BCUT2D eigenvalue weighted by molar-refractivity contribution is 5.30. The first-order valence-electron chi connectivity index (χ1n) is 11.0. The summed E-state index contributed by atoms with van der Waals surface area (Å²) in [5.41, 5.74) is 2.43. The van der Waals surface area contributed by atoms with Crippen LogP contribution in [0.1, 0.15) is 36.8 Å². The molecule has 4 heteroatoms. The third-order valence-electron chi connectivity index (χ3n) is 5.07. The molecule has 0 unspecified atom stereocenters. The zero-order valence-corrected chi connectivity index (χ0v) is 18.0. The lowest BCUT2D eigenvalue weighted by Gasteiger charge is -2.11. The largest absolute Gasteiger partial charge is 0.508 e. The summed E-state index contributed by atoms with van der Waals surface area (Å²) < 4.78 is 16.8. The van der Waals surface area contributed by atoms with Crippen LogP contribution in [0.2, 0.25) is 0 Å². The molecule has 1 aliphatic rings. The molecule has 0 aliphatic heterocycles. The normalized spacial score (nSPS) is 13.4. The molecule has 0 aromatic heterocycles. The van der Waals surface area contributed by atoms with E-state index in [1.165, 1.54) is 36.8 Å². The number of ether oxygens (including phenoxy) is 3. The van der Waals surface area contributed by atoms with Crippen molar-refractivity contribution >= 4 is 0 Å². The molecule has 0 atom stereocenters. The highest BCUT2D eigenvalue weighted by atomic mass is 16.5. The number of phenolic OH excluding ortho intramolecular Hbond substituents is 1. The number of hydrogen-bond donors (Lipinski definition) is 1. The van der Waals surface area contributed by atoms with Crippen molar-refractivity contribution in [1.82, 2.24) is 0 Å². The SMILES string of the molecule is Oc1ccc(OCCOC2CCCC2)cc1.c1ccc(COCc2ccccc2)cc1. The van der Waals surface area contributed by atoms with E-state index in [9.17, 15) is 0 Å². The van der Waals surface area contributed by atoms with Gasteiger partial charge in [-0.25, -0.2) is 0 Å². The van der Waals surface area contributed by atoms with Gasteiger partial charge >= 0.3 is 0 Å². The molecular weight excluding hydrogens is 388 g/mol. The van der Waals surface area contributed by atoms with Crippen LogP contribution >= 0.6 is 0 Å². The molecule has 3 aromatic rings. The van der Waals surface area contributed by atoms with Crippen LogP contribution in [0.25, 0.3) is 0 Å². The molecule has 0 spiro atoms. The molecule has 1 N–H and O–H groups in total. The smallest absolute Gasteiger partial charge is 0.119 e. The Kier molecular flexibility index (Phi) is 9.94. The van der Waals surface area contributed by atoms with Gasteiger partial charge in [0.15, 0.2) is 0 Å². The van der Waals surface area contributed by atoms with E-state index < -0.39 is 0 Å². The molecule has 164 valence electrons. The molecule has 0 radical (unpaired) electrons. The Morgan fingerprint density at radius 3 is 1.77 bits per heavy atom. The Bertz CT molecular complexity index is 789. The van der Waals surface area contributed by atoms with Gasteiger partial charge in [0.1, 0.15) is 18.1 Å². The van der Waals surface area contributed by atoms with Crippen LogP contribution in [0.5, 0.6) is 11.5 Å². The van der Waals surface area contributed by atoms with Gasteiger partial charge in [-0.15, -0.1) is 0 Å². The minimum absolute atomic E-state index is 0.259. The van der Waals surface area contributed by atoms with Gasteiger partial charge in [-0.05, 0) is 48.2 Å². The average molecular weight is 421 g/mol. The quantitative estimate of drug-likeness (QED) is 0.423. The number of hydrogen-bond acceptors (Lipinski definition) is 4. The minimum atomic E-state index is 0.259. The molecule has 1 saturated carbocycles. The molecule has 31 heavy (non-hydrogen) atoms. The number of phenols is 1. The van der Waals surface area contributed by atoms with E-state index in [4.69, 9.17) is 19.3 Å². The van der Waals surface area contributed by atoms with Gasteiger partial charge in [0.25, 0.3) is 0 Å². The summed E-state index contributed by atoms with van der Waals surface area (Å²) in [5.74, 6) is 1.03. The van der Waals surface area contributed by atoms with Gasteiger partial charge in [-0.3, -0.25) is 0 Å². The van der Waals surface area contributed by atoms with E-state index in [-0.39, 0.29) is 5.75 Å². The summed E-state index contributed by atoms with van der Waals surface area (Å²) in [5, 5.41) is 9.09. The standard InChI is InChI=1S/C14H14O.C13H18O3/c1-3-7-13(8-4-1)11-15-12-14-9-5-2-6-10-14;14-11-5-7-13(8-6-11)16-10-9-15-12-3-1-2-4-12/h1-10H,11-12H2;5-8,12,14H,1-4,9-10H2. The van der Waals surface area contributed by atoms with Crippen molar-refractivity contribution in [2.75, 3.05) is 13.2 Å². The number of rotatable bonds is 9. The molecule has 4 rings (SSSR count). The van der Waals surface area contributed by atoms with Gasteiger partial charge < -0.3 is 19.3 Å². The Balaban J connectivity index is 0.000000176. The fourth-order valence-corrected chi connectivity index (χ4v) is 3.41. The Hall–Kier alpha value is -2.82. The molecule has 0 amide bonds. The number of aromatic hydroxyl groups is 1. The van der Waals surface area contributed by atoms with Crippen molar-refractivity contribution in [3.63, 3.8) is 0 Å². The third-order valence-corrected chi connectivity index (χ3v) is 5.07. The maximum Gasteiger partial charge on any atom is 0.119 e. The van der Waals surface area contributed by atoms with Crippen LogP contribution in [0, 0.1) is 0 Å².